The normalized spacial score (nSPS) is 10.3. The molecule has 4 nitrogen and oxygen atoms in total. The van der Waals surface area contributed by atoms with Gasteiger partial charge in [0, 0.05) is 19.3 Å². The van der Waals surface area contributed by atoms with Crippen LogP contribution in [0.1, 0.15) is 30.1 Å². The largest absolute Gasteiger partial charge is 0.395 e. The van der Waals surface area contributed by atoms with Crippen molar-refractivity contribution in [2.45, 2.75) is 19.8 Å². The molecule has 0 unspecified atom stereocenters. The summed E-state index contributed by atoms with van der Waals surface area (Å²) in [6.45, 7) is 3.03. The lowest BCUT2D eigenvalue weighted by molar-refractivity contribution is 0.0719. The lowest BCUT2D eigenvalue weighted by atomic mass is 10.2. The van der Waals surface area contributed by atoms with Gasteiger partial charge in [0.15, 0.2) is 0 Å². The third-order valence-electron chi connectivity index (χ3n) is 2.41. The Bertz CT molecular complexity index is 354. The molecule has 94 valence electrons. The van der Waals surface area contributed by atoms with Crippen LogP contribution in [-0.4, -0.2) is 40.6 Å². The minimum atomic E-state index is -0.114. The number of aliphatic hydroxyl groups is 1. The van der Waals surface area contributed by atoms with Crippen LogP contribution >= 0.6 is 11.6 Å². The third kappa shape index (κ3) is 4.32. The standard InChI is InChI=1S/C12H17ClN2O2/c1-2-3-6-15(7-8-16)12(17)10-4-5-11(13)14-9-10/h4-5,9,16H,2-3,6-8H2,1H3. The van der Waals surface area contributed by atoms with Crippen molar-refractivity contribution in [2.24, 2.45) is 0 Å². The van der Waals surface area contributed by atoms with Gasteiger partial charge in [0.05, 0.1) is 12.2 Å². The third-order valence-corrected chi connectivity index (χ3v) is 2.64. The molecule has 0 fully saturated rings. The Balaban J connectivity index is 2.72. The van der Waals surface area contributed by atoms with Crippen LogP contribution in [0.4, 0.5) is 0 Å². The molecule has 0 saturated heterocycles. The van der Waals surface area contributed by atoms with Crippen molar-refractivity contribution in [3.8, 4) is 0 Å². The van der Waals surface area contributed by atoms with Crippen LogP contribution < -0.4 is 0 Å². The molecule has 5 heteroatoms. The molecule has 1 heterocycles. The highest BCUT2D eigenvalue weighted by Crippen LogP contribution is 2.09. The second kappa shape index (κ2) is 7.25. The van der Waals surface area contributed by atoms with Gasteiger partial charge in [-0.3, -0.25) is 4.79 Å². The monoisotopic (exact) mass is 256 g/mol. The van der Waals surface area contributed by atoms with Crippen LogP contribution in [0, 0.1) is 0 Å². The van der Waals surface area contributed by atoms with Crippen LogP contribution in [-0.2, 0) is 0 Å². The van der Waals surface area contributed by atoms with Crippen molar-refractivity contribution in [2.75, 3.05) is 19.7 Å². The second-order valence-electron chi connectivity index (χ2n) is 3.74. The van der Waals surface area contributed by atoms with Crippen molar-refractivity contribution >= 4 is 17.5 Å². The maximum Gasteiger partial charge on any atom is 0.255 e. The van der Waals surface area contributed by atoms with E-state index in [0.717, 1.165) is 12.8 Å². The Hall–Kier alpha value is -1.13. The summed E-state index contributed by atoms with van der Waals surface area (Å²) in [5.74, 6) is -0.114. The number of rotatable bonds is 6. The van der Waals surface area contributed by atoms with Gasteiger partial charge >= 0.3 is 0 Å². The first-order chi connectivity index (χ1) is 8.19. The van der Waals surface area contributed by atoms with E-state index >= 15 is 0 Å². The second-order valence-corrected chi connectivity index (χ2v) is 4.13. The zero-order valence-corrected chi connectivity index (χ0v) is 10.7. The molecule has 0 aromatic carbocycles. The van der Waals surface area contributed by atoms with Crippen LogP contribution in [0.25, 0.3) is 0 Å². The zero-order valence-electron chi connectivity index (χ0n) is 9.90. The summed E-state index contributed by atoms with van der Waals surface area (Å²) in [6, 6.07) is 3.24. The molecule has 1 aromatic heterocycles. The van der Waals surface area contributed by atoms with E-state index in [0.29, 0.717) is 23.8 Å². The molecule has 0 bridgehead atoms. The molecule has 1 rings (SSSR count). The summed E-state index contributed by atoms with van der Waals surface area (Å²) in [7, 11) is 0. The van der Waals surface area contributed by atoms with E-state index in [1.165, 1.54) is 6.20 Å². The fraction of sp³-hybridized carbons (Fsp3) is 0.500. The van der Waals surface area contributed by atoms with Gasteiger partial charge in [0.25, 0.3) is 5.91 Å². The molecule has 1 N–H and O–H groups in total. The number of amides is 1. The fourth-order valence-electron chi connectivity index (χ4n) is 1.47. The van der Waals surface area contributed by atoms with Gasteiger partial charge in [0.2, 0.25) is 0 Å². The number of aliphatic hydroxyl groups excluding tert-OH is 1. The van der Waals surface area contributed by atoms with Gasteiger partial charge in [0.1, 0.15) is 5.15 Å². The Morgan fingerprint density at radius 1 is 1.47 bits per heavy atom. The maximum atomic E-state index is 12.1. The average Bonchev–Trinajstić information content (AvgIpc) is 2.34. The number of aromatic nitrogens is 1. The summed E-state index contributed by atoms with van der Waals surface area (Å²) in [5.41, 5.74) is 0.499. The van der Waals surface area contributed by atoms with E-state index in [-0.39, 0.29) is 12.5 Å². The number of unbranched alkanes of at least 4 members (excludes halogenated alkanes) is 1. The highest BCUT2D eigenvalue weighted by molar-refractivity contribution is 6.29. The summed E-state index contributed by atoms with van der Waals surface area (Å²) in [5, 5.41) is 9.31. The molecule has 0 aliphatic carbocycles. The van der Waals surface area contributed by atoms with E-state index in [1.54, 1.807) is 17.0 Å². The van der Waals surface area contributed by atoms with Gasteiger partial charge in [-0.2, -0.15) is 0 Å². The van der Waals surface area contributed by atoms with E-state index in [9.17, 15) is 4.79 Å². The Labute approximate surface area is 106 Å². The van der Waals surface area contributed by atoms with Gasteiger partial charge in [-0.15, -0.1) is 0 Å². The first-order valence-electron chi connectivity index (χ1n) is 5.70. The Morgan fingerprint density at radius 3 is 2.76 bits per heavy atom. The topological polar surface area (TPSA) is 53.4 Å². The number of pyridine rings is 1. The molecule has 0 saturated carbocycles. The van der Waals surface area contributed by atoms with E-state index in [2.05, 4.69) is 11.9 Å². The lowest BCUT2D eigenvalue weighted by Crippen LogP contribution is -2.34. The van der Waals surface area contributed by atoms with Gasteiger partial charge in [-0.05, 0) is 18.6 Å². The summed E-state index contributed by atoms with van der Waals surface area (Å²) >= 11 is 5.66. The van der Waals surface area contributed by atoms with Crippen molar-refractivity contribution in [3.05, 3.63) is 29.0 Å². The molecular weight excluding hydrogens is 240 g/mol. The lowest BCUT2D eigenvalue weighted by Gasteiger charge is -2.21. The minimum Gasteiger partial charge on any atom is -0.395 e. The van der Waals surface area contributed by atoms with Crippen LogP contribution in [0.3, 0.4) is 0 Å². The first kappa shape index (κ1) is 13.9. The molecule has 0 aliphatic rings. The minimum absolute atomic E-state index is 0.0313. The molecular formula is C12H17ClN2O2. The number of nitrogens with zero attached hydrogens (tertiary/aromatic N) is 2. The molecule has 1 amide bonds. The smallest absolute Gasteiger partial charge is 0.255 e. The van der Waals surface area contributed by atoms with Crippen molar-refractivity contribution < 1.29 is 9.90 Å². The molecule has 0 radical (unpaired) electrons. The number of hydrogen-bond donors (Lipinski definition) is 1. The highest BCUT2D eigenvalue weighted by atomic mass is 35.5. The Kier molecular flexibility index (Phi) is 5.94. The SMILES string of the molecule is CCCCN(CCO)C(=O)c1ccc(Cl)nc1. The Morgan fingerprint density at radius 2 is 2.24 bits per heavy atom. The van der Waals surface area contributed by atoms with Crippen LogP contribution in [0.5, 0.6) is 0 Å². The summed E-state index contributed by atoms with van der Waals surface area (Å²) < 4.78 is 0. The van der Waals surface area contributed by atoms with Crippen LogP contribution in [0.2, 0.25) is 5.15 Å². The molecule has 0 spiro atoms. The molecule has 1 aromatic rings. The molecule has 17 heavy (non-hydrogen) atoms. The maximum absolute atomic E-state index is 12.1. The number of carbonyl (C=O) groups excluding carboxylic acids is 1. The van der Waals surface area contributed by atoms with E-state index in [4.69, 9.17) is 16.7 Å². The number of hydrogen-bond acceptors (Lipinski definition) is 3. The van der Waals surface area contributed by atoms with Crippen molar-refractivity contribution in [1.82, 2.24) is 9.88 Å². The predicted molar refractivity (Wildman–Crippen MR) is 67.1 cm³/mol. The number of carbonyl (C=O) groups is 1. The summed E-state index contributed by atoms with van der Waals surface area (Å²) in [6.07, 6.45) is 3.39. The summed E-state index contributed by atoms with van der Waals surface area (Å²) in [4.78, 5) is 17.6. The molecule has 0 aliphatic heterocycles. The van der Waals surface area contributed by atoms with Crippen LogP contribution in [0.15, 0.2) is 18.3 Å². The molecule has 0 atom stereocenters. The zero-order chi connectivity index (χ0) is 12.7. The van der Waals surface area contributed by atoms with Gasteiger partial charge in [-0.25, -0.2) is 4.98 Å². The highest BCUT2D eigenvalue weighted by Gasteiger charge is 2.14. The fourth-order valence-corrected chi connectivity index (χ4v) is 1.58. The van der Waals surface area contributed by atoms with Crippen molar-refractivity contribution in [1.29, 1.82) is 0 Å². The van der Waals surface area contributed by atoms with Gasteiger partial charge < -0.3 is 10.0 Å². The van der Waals surface area contributed by atoms with E-state index in [1.807, 2.05) is 0 Å². The quantitative estimate of drug-likeness (QED) is 0.792. The predicted octanol–water partition coefficient (Wildman–Crippen LogP) is 1.97. The average molecular weight is 257 g/mol. The van der Waals surface area contributed by atoms with E-state index < -0.39 is 0 Å². The van der Waals surface area contributed by atoms with Crippen molar-refractivity contribution in [3.63, 3.8) is 0 Å². The first-order valence-corrected chi connectivity index (χ1v) is 6.08. The van der Waals surface area contributed by atoms with Gasteiger partial charge in [-0.1, -0.05) is 24.9 Å². The number of halogens is 1.